The number of para-hydroxylation sites is 2. The lowest BCUT2D eigenvalue weighted by Gasteiger charge is -2.22. The van der Waals surface area contributed by atoms with E-state index in [0.29, 0.717) is 12.3 Å². The van der Waals surface area contributed by atoms with Crippen LogP contribution in [0.3, 0.4) is 0 Å². The average Bonchev–Trinajstić information content (AvgIpc) is 2.62. The Morgan fingerprint density at radius 3 is 2.31 bits per heavy atom. The molecule has 2 amide bonds. The molecular weight excluding hydrogens is 328 g/mol. The molecule has 5 heteroatoms. The van der Waals surface area contributed by atoms with E-state index < -0.39 is 0 Å². The smallest absolute Gasteiger partial charge is 0.260 e. The van der Waals surface area contributed by atoms with Gasteiger partial charge in [0.1, 0.15) is 5.75 Å². The van der Waals surface area contributed by atoms with Gasteiger partial charge in [-0.15, -0.1) is 0 Å². The SMILES string of the molecule is CCCN(CC(=O)Nc1ccccc1C)C(=O)COc1ccccc1C. The lowest BCUT2D eigenvalue weighted by atomic mass is 10.2. The molecule has 0 spiro atoms. The van der Waals surface area contributed by atoms with Gasteiger partial charge in [-0.05, 0) is 43.5 Å². The van der Waals surface area contributed by atoms with E-state index in [9.17, 15) is 9.59 Å². The summed E-state index contributed by atoms with van der Waals surface area (Å²) in [5.74, 6) is 0.272. The predicted molar refractivity (Wildman–Crippen MR) is 103 cm³/mol. The summed E-state index contributed by atoms with van der Waals surface area (Å²) >= 11 is 0. The fourth-order valence-corrected chi connectivity index (χ4v) is 2.59. The molecule has 0 fully saturated rings. The second kappa shape index (κ2) is 9.61. The molecule has 138 valence electrons. The first-order valence-corrected chi connectivity index (χ1v) is 8.83. The third-order valence-electron chi connectivity index (χ3n) is 4.04. The van der Waals surface area contributed by atoms with Crippen LogP contribution >= 0.6 is 0 Å². The Morgan fingerprint density at radius 2 is 1.65 bits per heavy atom. The molecular formula is C21H26N2O3. The molecule has 0 bridgehead atoms. The van der Waals surface area contributed by atoms with Crippen molar-refractivity contribution in [3.05, 3.63) is 59.7 Å². The molecule has 26 heavy (non-hydrogen) atoms. The fraction of sp³-hybridized carbons (Fsp3) is 0.333. The van der Waals surface area contributed by atoms with Gasteiger partial charge in [0.25, 0.3) is 5.91 Å². The van der Waals surface area contributed by atoms with Gasteiger partial charge < -0.3 is 15.0 Å². The topological polar surface area (TPSA) is 58.6 Å². The number of hydrogen-bond acceptors (Lipinski definition) is 3. The number of rotatable bonds is 8. The Bertz CT molecular complexity index is 758. The molecule has 0 aromatic heterocycles. The van der Waals surface area contributed by atoms with Crippen molar-refractivity contribution in [2.45, 2.75) is 27.2 Å². The maximum Gasteiger partial charge on any atom is 0.260 e. The zero-order chi connectivity index (χ0) is 18.9. The Kier molecular flexibility index (Phi) is 7.21. The molecule has 0 radical (unpaired) electrons. The van der Waals surface area contributed by atoms with Gasteiger partial charge in [0.05, 0.1) is 6.54 Å². The Labute approximate surface area is 155 Å². The molecule has 0 saturated heterocycles. The quantitative estimate of drug-likeness (QED) is 0.788. The summed E-state index contributed by atoms with van der Waals surface area (Å²) in [6.07, 6.45) is 0.772. The number of nitrogens with one attached hydrogen (secondary N) is 1. The molecule has 2 rings (SSSR count). The number of carbonyl (C=O) groups excluding carboxylic acids is 2. The van der Waals surface area contributed by atoms with Crippen molar-refractivity contribution in [3.63, 3.8) is 0 Å². The number of benzene rings is 2. The van der Waals surface area contributed by atoms with Crippen molar-refractivity contribution in [2.24, 2.45) is 0 Å². The van der Waals surface area contributed by atoms with Crippen LogP contribution in [0.4, 0.5) is 5.69 Å². The molecule has 2 aromatic rings. The third kappa shape index (κ3) is 5.62. The van der Waals surface area contributed by atoms with Crippen LogP contribution in [0.2, 0.25) is 0 Å². The van der Waals surface area contributed by atoms with Gasteiger partial charge in [0.15, 0.2) is 6.61 Å². The van der Waals surface area contributed by atoms with E-state index in [1.54, 1.807) is 0 Å². The van der Waals surface area contributed by atoms with Crippen LogP contribution in [0.1, 0.15) is 24.5 Å². The second-order valence-electron chi connectivity index (χ2n) is 6.23. The Balaban J connectivity index is 1.94. The van der Waals surface area contributed by atoms with Crippen LogP contribution in [0.15, 0.2) is 48.5 Å². The zero-order valence-corrected chi connectivity index (χ0v) is 15.6. The van der Waals surface area contributed by atoms with Crippen molar-refractivity contribution in [2.75, 3.05) is 25.0 Å². The van der Waals surface area contributed by atoms with Crippen molar-refractivity contribution >= 4 is 17.5 Å². The van der Waals surface area contributed by atoms with Crippen LogP contribution in [-0.4, -0.2) is 36.4 Å². The first-order chi connectivity index (χ1) is 12.5. The molecule has 0 heterocycles. The highest BCUT2D eigenvalue weighted by Gasteiger charge is 2.17. The maximum absolute atomic E-state index is 12.5. The maximum atomic E-state index is 12.5. The summed E-state index contributed by atoms with van der Waals surface area (Å²) < 4.78 is 5.62. The zero-order valence-electron chi connectivity index (χ0n) is 15.6. The van der Waals surface area contributed by atoms with E-state index in [1.807, 2.05) is 69.3 Å². The highest BCUT2D eigenvalue weighted by molar-refractivity contribution is 5.95. The van der Waals surface area contributed by atoms with E-state index in [0.717, 1.165) is 23.2 Å². The molecule has 0 unspecified atom stereocenters. The van der Waals surface area contributed by atoms with Gasteiger partial charge in [-0.25, -0.2) is 0 Å². The number of ether oxygens (including phenoxy) is 1. The van der Waals surface area contributed by atoms with Gasteiger partial charge in [-0.1, -0.05) is 43.3 Å². The average molecular weight is 354 g/mol. The standard InChI is InChI=1S/C21H26N2O3/c1-4-13-23(14-20(24)22-18-11-7-5-9-16(18)2)21(25)15-26-19-12-8-6-10-17(19)3/h5-12H,4,13-15H2,1-3H3,(H,22,24). The predicted octanol–water partition coefficient (Wildman–Crippen LogP) is 3.56. The lowest BCUT2D eigenvalue weighted by molar-refractivity contribution is -0.136. The van der Waals surface area contributed by atoms with Gasteiger partial charge >= 0.3 is 0 Å². The first kappa shape index (κ1) is 19.5. The Hall–Kier alpha value is -2.82. The van der Waals surface area contributed by atoms with Gasteiger partial charge in [-0.3, -0.25) is 9.59 Å². The van der Waals surface area contributed by atoms with E-state index in [-0.39, 0.29) is 25.0 Å². The van der Waals surface area contributed by atoms with Crippen molar-refractivity contribution < 1.29 is 14.3 Å². The summed E-state index contributed by atoms with van der Waals surface area (Å²) in [5, 5.41) is 2.86. The molecule has 0 aliphatic rings. The molecule has 0 atom stereocenters. The van der Waals surface area contributed by atoms with Crippen LogP contribution in [0.25, 0.3) is 0 Å². The van der Waals surface area contributed by atoms with E-state index in [1.165, 1.54) is 4.90 Å². The minimum Gasteiger partial charge on any atom is -0.484 e. The molecule has 0 saturated carbocycles. The number of amides is 2. The van der Waals surface area contributed by atoms with Crippen LogP contribution in [0, 0.1) is 13.8 Å². The van der Waals surface area contributed by atoms with Crippen molar-refractivity contribution in [3.8, 4) is 5.75 Å². The van der Waals surface area contributed by atoms with Gasteiger partial charge in [0.2, 0.25) is 5.91 Å². The summed E-state index contributed by atoms with van der Waals surface area (Å²) in [6.45, 7) is 6.28. The van der Waals surface area contributed by atoms with Crippen LogP contribution in [-0.2, 0) is 9.59 Å². The summed E-state index contributed by atoms with van der Waals surface area (Å²) in [5.41, 5.74) is 2.72. The molecule has 0 aliphatic heterocycles. The summed E-state index contributed by atoms with van der Waals surface area (Å²) in [4.78, 5) is 26.4. The molecule has 0 aliphatic carbocycles. The molecule has 1 N–H and O–H groups in total. The molecule has 2 aromatic carbocycles. The third-order valence-corrected chi connectivity index (χ3v) is 4.04. The summed E-state index contributed by atoms with van der Waals surface area (Å²) in [6, 6.07) is 15.1. The van der Waals surface area contributed by atoms with Crippen molar-refractivity contribution in [1.29, 1.82) is 0 Å². The van der Waals surface area contributed by atoms with E-state index >= 15 is 0 Å². The largest absolute Gasteiger partial charge is 0.484 e. The number of nitrogens with zero attached hydrogens (tertiary/aromatic N) is 1. The Morgan fingerprint density at radius 1 is 1.00 bits per heavy atom. The first-order valence-electron chi connectivity index (χ1n) is 8.83. The monoisotopic (exact) mass is 354 g/mol. The van der Waals surface area contributed by atoms with Crippen LogP contribution < -0.4 is 10.1 Å². The van der Waals surface area contributed by atoms with Crippen LogP contribution in [0.5, 0.6) is 5.75 Å². The number of anilines is 1. The summed E-state index contributed by atoms with van der Waals surface area (Å²) in [7, 11) is 0. The normalized spacial score (nSPS) is 10.3. The van der Waals surface area contributed by atoms with Gasteiger partial charge in [0, 0.05) is 12.2 Å². The highest BCUT2D eigenvalue weighted by Crippen LogP contribution is 2.16. The molecule has 5 nitrogen and oxygen atoms in total. The highest BCUT2D eigenvalue weighted by atomic mass is 16.5. The van der Waals surface area contributed by atoms with Gasteiger partial charge in [-0.2, -0.15) is 0 Å². The number of aryl methyl sites for hydroxylation is 2. The minimum absolute atomic E-state index is 0.0120. The minimum atomic E-state index is -0.211. The van der Waals surface area contributed by atoms with E-state index in [4.69, 9.17) is 4.74 Å². The van der Waals surface area contributed by atoms with Crippen molar-refractivity contribution in [1.82, 2.24) is 4.90 Å². The second-order valence-corrected chi connectivity index (χ2v) is 6.23. The number of carbonyl (C=O) groups is 2. The van der Waals surface area contributed by atoms with E-state index in [2.05, 4.69) is 5.32 Å². The fourth-order valence-electron chi connectivity index (χ4n) is 2.59. The lowest BCUT2D eigenvalue weighted by Crippen LogP contribution is -2.41. The number of hydrogen-bond donors (Lipinski definition) is 1.